The SMILES string of the molecule is CN1CCCC[C@@H]1CI. The van der Waals surface area contributed by atoms with E-state index >= 15 is 0 Å². The van der Waals surface area contributed by atoms with Crippen LogP contribution in [-0.4, -0.2) is 29.0 Å². The summed E-state index contributed by atoms with van der Waals surface area (Å²) in [6.45, 7) is 1.31. The lowest BCUT2D eigenvalue weighted by Gasteiger charge is -2.30. The van der Waals surface area contributed by atoms with Crippen LogP contribution in [0.3, 0.4) is 0 Å². The van der Waals surface area contributed by atoms with Gasteiger partial charge in [-0.3, -0.25) is 0 Å². The van der Waals surface area contributed by atoms with Crippen molar-refractivity contribution >= 4 is 22.6 Å². The van der Waals surface area contributed by atoms with E-state index in [1.165, 1.54) is 30.2 Å². The van der Waals surface area contributed by atoms with Crippen molar-refractivity contribution in [1.29, 1.82) is 0 Å². The van der Waals surface area contributed by atoms with Crippen LogP contribution in [0.5, 0.6) is 0 Å². The van der Waals surface area contributed by atoms with E-state index in [0.717, 1.165) is 6.04 Å². The van der Waals surface area contributed by atoms with Crippen molar-refractivity contribution in [1.82, 2.24) is 4.90 Å². The van der Waals surface area contributed by atoms with Crippen molar-refractivity contribution < 1.29 is 0 Å². The van der Waals surface area contributed by atoms with Crippen LogP contribution >= 0.6 is 22.6 Å². The Kier molecular flexibility index (Phi) is 3.26. The third-order valence-corrected chi connectivity index (χ3v) is 3.12. The molecule has 0 radical (unpaired) electrons. The first-order chi connectivity index (χ1) is 4.34. The Morgan fingerprint density at radius 1 is 1.56 bits per heavy atom. The predicted octanol–water partition coefficient (Wildman–Crippen LogP) is 1.91. The number of nitrogens with zero attached hydrogens (tertiary/aromatic N) is 1. The molecule has 0 spiro atoms. The van der Waals surface area contributed by atoms with E-state index in [1.807, 2.05) is 0 Å². The number of hydrogen-bond donors (Lipinski definition) is 0. The molecule has 0 saturated carbocycles. The Morgan fingerprint density at radius 3 is 2.78 bits per heavy atom. The zero-order valence-electron chi connectivity index (χ0n) is 5.94. The van der Waals surface area contributed by atoms with Gasteiger partial charge in [0.1, 0.15) is 0 Å². The first-order valence-electron chi connectivity index (χ1n) is 3.61. The summed E-state index contributed by atoms with van der Waals surface area (Å²) in [5.41, 5.74) is 0. The van der Waals surface area contributed by atoms with E-state index in [2.05, 4.69) is 34.5 Å². The summed E-state index contributed by atoms with van der Waals surface area (Å²) in [6.07, 6.45) is 4.26. The molecule has 1 saturated heterocycles. The maximum atomic E-state index is 2.48. The van der Waals surface area contributed by atoms with Crippen molar-refractivity contribution in [2.45, 2.75) is 25.3 Å². The molecule has 1 atom stereocenters. The van der Waals surface area contributed by atoms with Crippen LogP contribution in [0.4, 0.5) is 0 Å². The van der Waals surface area contributed by atoms with Gasteiger partial charge in [-0.25, -0.2) is 0 Å². The molecule has 0 aromatic carbocycles. The Labute approximate surface area is 70.9 Å². The molecule has 0 amide bonds. The van der Waals surface area contributed by atoms with Crippen LogP contribution in [0, 0.1) is 0 Å². The molecule has 0 aromatic rings. The molecule has 1 rings (SSSR count). The summed E-state index contributed by atoms with van der Waals surface area (Å²) < 4.78 is 1.30. The second-order valence-corrected chi connectivity index (χ2v) is 3.67. The molecule has 9 heavy (non-hydrogen) atoms. The summed E-state index contributed by atoms with van der Waals surface area (Å²) >= 11 is 2.48. The molecule has 2 heteroatoms. The highest BCUT2D eigenvalue weighted by Gasteiger charge is 2.16. The summed E-state index contributed by atoms with van der Waals surface area (Å²) in [4.78, 5) is 2.48. The molecule has 1 heterocycles. The summed E-state index contributed by atoms with van der Waals surface area (Å²) in [6, 6.07) is 0.874. The van der Waals surface area contributed by atoms with Gasteiger partial charge in [0.05, 0.1) is 0 Å². The summed E-state index contributed by atoms with van der Waals surface area (Å²) in [5, 5.41) is 0. The summed E-state index contributed by atoms with van der Waals surface area (Å²) in [5.74, 6) is 0. The second-order valence-electron chi connectivity index (χ2n) is 2.78. The number of hydrogen-bond acceptors (Lipinski definition) is 1. The quantitative estimate of drug-likeness (QED) is 0.499. The van der Waals surface area contributed by atoms with Crippen LogP contribution in [0.15, 0.2) is 0 Å². The highest BCUT2D eigenvalue weighted by atomic mass is 127. The van der Waals surface area contributed by atoms with Crippen molar-refractivity contribution in [2.24, 2.45) is 0 Å². The van der Waals surface area contributed by atoms with Crippen molar-refractivity contribution in [3.8, 4) is 0 Å². The standard InChI is InChI=1S/C7H14IN/c1-9-5-3-2-4-7(9)6-8/h7H,2-6H2,1H3/t7-/m1/s1. The normalized spacial score (nSPS) is 30.7. The fraction of sp³-hybridized carbons (Fsp3) is 1.00. The van der Waals surface area contributed by atoms with Crippen molar-refractivity contribution in [3.63, 3.8) is 0 Å². The summed E-state index contributed by atoms with van der Waals surface area (Å²) in [7, 11) is 2.24. The zero-order chi connectivity index (χ0) is 6.69. The maximum Gasteiger partial charge on any atom is 0.0182 e. The highest BCUT2D eigenvalue weighted by molar-refractivity contribution is 14.1. The van der Waals surface area contributed by atoms with Crippen LogP contribution in [0.2, 0.25) is 0 Å². The van der Waals surface area contributed by atoms with Gasteiger partial charge >= 0.3 is 0 Å². The largest absolute Gasteiger partial charge is 0.303 e. The molecule has 1 fully saturated rings. The molecule has 0 N–H and O–H groups in total. The number of alkyl halides is 1. The maximum absolute atomic E-state index is 2.48. The van der Waals surface area contributed by atoms with Crippen LogP contribution < -0.4 is 0 Å². The van der Waals surface area contributed by atoms with E-state index in [0.29, 0.717) is 0 Å². The lowest BCUT2D eigenvalue weighted by atomic mass is 10.1. The number of halogens is 1. The van der Waals surface area contributed by atoms with E-state index in [-0.39, 0.29) is 0 Å². The fourth-order valence-electron chi connectivity index (χ4n) is 1.34. The van der Waals surface area contributed by atoms with E-state index in [4.69, 9.17) is 0 Å². The fourth-order valence-corrected chi connectivity index (χ4v) is 2.45. The van der Waals surface area contributed by atoms with Crippen molar-refractivity contribution in [3.05, 3.63) is 0 Å². The molecular formula is C7H14IN. The highest BCUT2D eigenvalue weighted by Crippen LogP contribution is 2.16. The molecular weight excluding hydrogens is 225 g/mol. The van der Waals surface area contributed by atoms with E-state index in [9.17, 15) is 0 Å². The minimum atomic E-state index is 0.874. The van der Waals surface area contributed by atoms with Gasteiger partial charge in [-0.05, 0) is 26.4 Å². The Hall–Kier alpha value is 0.690. The number of piperidine rings is 1. The Morgan fingerprint density at radius 2 is 2.33 bits per heavy atom. The molecule has 54 valence electrons. The van der Waals surface area contributed by atoms with Gasteiger partial charge in [0.15, 0.2) is 0 Å². The second kappa shape index (κ2) is 3.76. The van der Waals surface area contributed by atoms with Crippen LogP contribution in [-0.2, 0) is 0 Å². The Bertz CT molecular complexity index is 85.0. The van der Waals surface area contributed by atoms with Gasteiger partial charge in [0.25, 0.3) is 0 Å². The van der Waals surface area contributed by atoms with Gasteiger partial charge in [0.2, 0.25) is 0 Å². The van der Waals surface area contributed by atoms with Gasteiger partial charge in [0, 0.05) is 10.5 Å². The topological polar surface area (TPSA) is 3.24 Å². The first-order valence-corrected chi connectivity index (χ1v) is 5.13. The van der Waals surface area contributed by atoms with Crippen molar-refractivity contribution in [2.75, 3.05) is 18.0 Å². The van der Waals surface area contributed by atoms with Crippen LogP contribution in [0.1, 0.15) is 19.3 Å². The van der Waals surface area contributed by atoms with Gasteiger partial charge in [-0.15, -0.1) is 0 Å². The van der Waals surface area contributed by atoms with Gasteiger partial charge in [-0.1, -0.05) is 29.0 Å². The lowest BCUT2D eigenvalue weighted by Crippen LogP contribution is -2.37. The molecule has 1 nitrogen and oxygen atoms in total. The predicted molar refractivity (Wildman–Crippen MR) is 49.2 cm³/mol. The minimum absolute atomic E-state index is 0.874. The average molecular weight is 239 g/mol. The molecule has 1 aliphatic heterocycles. The lowest BCUT2D eigenvalue weighted by molar-refractivity contribution is 0.206. The van der Waals surface area contributed by atoms with Gasteiger partial charge < -0.3 is 4.90 Å². The molecule has 0 bridgehead atoms. The van der Waals surface area contributed by atoms with E-state index in [1.54, 1.807) is 0 Å². The first kappa shape index (κ1) is 7.79. The molecule has 0 aromatic heterocycles. The van der Waals surface area contributed by atoms with Crippen LogP contribution in [0.25, 0.3) is 0 Å². The number of rotatable bonds is 1. The molecule has 1 aliphatic rings. The van der Waals surface area contributed by atoms with E-state index < -0.39 is 0 Å². The third-order valence-electron chi connectivity index (χ3n) is 2.10. The number of likely N-dealkylation sites (tertiary alicyclic amines) is 1. The minimum Gasteiger partial charge on any atom is -0.303 e. The third kappa shape index (κ3) is 2.08. The average Bonchev–Trinajstić information content (AvgIpc) is 1.89. The molecule has 0 unspecified atom stereocenters. The Balaban J connectivity index is 2.30. The molecule has 0 aliphatic carbocycles. The van der Waals surface area contributed by atoms with Gasteiger partial charge in [-0.2, -0.15) is 0 Å². The zero-order valence-corrected chi connectivity index (χ0v) is 8.10. The monoisotopic (exact) mass is 239 g/mol. The smallest absolute Gasteiger partial charge is 0.0182 e.